The summed E-state index contributed by atoms with van der Waals surface area (Å²) in [7, 11) is 1.51. The van der Waals surface area contributed by atoms with E-state index in [0.717, 1.165) is 0 Å². The average Bonchev–Trinajstić information content (AvgIpc) is 2.48. The fourth-order valence-corrected chi connectivity index (χ4v) is 2.08. The molecule has 0 fully saturated rings. The summed E-state index contributed by atoms with van der Waals surface area (Å²) < 4.78 is 24.6. The normalized spacial score (nSPS) is 10.2. The zero-order valence-corrected chi connectivity index (χ0v) is 12.8. The molecule has 0 saturated carbocycles. The van der Waals surface area contributed by atoms with Crippen molar-refractivity contribution < 1.29 is 13.9 Å². The molecule has 0 aromatic heterocycles. The number of methoxy groups -OCH3 is 1. The van der Waals surface area contributed by atoms with Crippen molar-refractivity contribution in [3.63, 3.8) is 0 Å². The van der Waals surface area contributed by atoms with Crippen LogP contribution in [0.15, 0.2) is 36.4 Å². The summed E-state index contributed by atoms with van der Waals surface area (Å²) in [5.41, 5.74) is 6.59. The molecule has 0 aliphatic heterocycles. The van der Waals surface area contributed by atoms with Gasteiger partial charge in [0.2, 0.25) is 0 Å². The Labute approximate surface area is 132 Å². The molecule has 110 valence electrons. The molecule has 21 heavy (non-hydrogen) atoms. The maximum Gasteiger partial charge on any atom is 0.161 e. The summed E-state index contributed by atoms with van der Waals surface area (Å²) in [6.45, 7) is 0.0369. The van der Waals surface area contributed by atoms with E-state index in [9.17, 15) is 4.39 Å². The first-order valence-corrected chi connectivity index (χ1v) is 6.85. The van der Waals surface area contributed by atoms with Crippen LogP contribution in [0.2, 0.25) is 5.02 Å². The average molecular weight is 326 g/mol. The second kappa shape index (κ2) is 6.74. The van der Waals surface area contributed by atoms with Crippen molar-refractivity contribution in [2.45, 2.75) is 6.61 Å². The van der Waals surface area contributed by atoms with Crippen molar-refractivity contribution in [2.24, 2.45) is 5.73 Å². The van der Waals surface area contributed by atoms with Gasteiger partial charge in [-0.05, 0) is 24.3 Å². The van der Waals surface area contributed by atoms with Gasteiger partial charge in [0, 0.05) is 11.1 Å². The molecule has 0 amide bonds. The van der Waals surface area contributed by atoms with Gasteiger partial charge in [0.25, 0.3) is 0 Å². The summed E-state index contributed by atoms with van der Waals surface area (Å²) in [4.78, 5) is 0.265. The van der Waals surface area contributed by atoms with E-state index in [1.807, 2.05) is 0 Å². The van der Waals surface area contributed by atoms with Crippen LogP contribution in [0.25, 0.3) is 0 Å². The molecule has 0 saturated heterocycles. The summed E-state index contributed by atoms with van der Waals surface area (Å²) in [5, 5.41) is 0.0619. The maximum absolute atomic E-state index is 13.8. The largest absolute Gasteiger partial charge is 0.493 e. The quantitative estimate of drug-likeness (QED) is 0.851. The first-order valence-electron chi connectivity index (χ1n) is 6.06. The van der Waals surface area contributed by atoms with Crippen LogP contribution in [0.1, 0.15) is 11.1 Å². The van der Waals surface area contributed by atoms with Gasteiger partial charge in [-0.15, -0.1) is 0 Å². The second-order valence-electron chi connectivity index (χ2n) is 4.23. The van der Waals surface area contributed by atoms with Crippen LogP contribution >= 0.6 is 23.8 Å². The zero-order chi connectivity index (χ0) is 15.4. The van der Waals surface area contributed by atoms with E-state index in [0.29, 0.717) is 22.6 Å². The van der Waals surface area contributed by atoms with E-state index in [-0.39, 0.29) is 16.6 Å². The lowest BCUT2D eigenvalue weighted by Gasteiger charge is -2.12. The molecule has 2 aromatic rings. The number of thiocarbonyl (C=S) groups is 1. The van der Waals surface area contributed by atoms with Crippen LogP contribution in [-0.4, -0.2) is 12.1 Å². The van der Waals surface area contributed by atoms with Crippen molar-refractivity contribution in [2.75, 3.05) is 7.11 Å². The van der Waals surface area contributed by atoms with Gasteiger partial charge < -0.3 is 15.2 Å². The number of nitrogens with two attached hydrogens (primary N) is 1. The Bertz CT molecular complexity index is 679. The van der Waals surface area contributed by atoms with E-state index in [1.165, 1.54) is 13.2 Å². The van der Waals surface area contributed by atoms with E-state index in [4.69, 9.17) is 39.0 Å². The maximum atomic E-state index is 13.8. The third-order valence-electron chi connectivity index (χ3n) is 2.86. The van der Waals surface area contributed by atoms with Gasteiger partial charge in [0.15, 0.2) is 11.5 Å². The number of benzene rings is 2. The minimum Gasteiger partial charge on any atom is -0.493 e. The fraction of sp³-hybridized carbons (Fsp3) is 0.133. The summed E-state index contributed by atoms with van der Waals surface area (Å²) in [6, 6.07) is 9.82. The summed E-state index contributed by atoms with van der Waals surface area (Å²) in [6.07, 6.45) is 0. The number of halogens is 2. The zero-order valence-electron chi connectivity index (χ0n) is 11.2. The molecule has 0 unspecified atom stereocenters. The van der Waals surface area contributed by atoms with Crippen molar-refractivity contribution in [1.82, 2.24) is 0 Å². The predicted octanol–water partition coefficient (Wildman–Crippen LogP) is 3.70. The highest BCUT2D eigenvalue weighted by Gasteiger charge is 2.10. The molecule has 0 aliphatic carbocycles. The number of hydrogen-bond acceptors (Lipinski definition) is 3. The van der Waals surface area contributed by atoms with Crippen LogP contribution in [-0.2, 0) is 6.61 Å². The molecule has 0 heterocycles. The molecule has 6 heteroatoms. The van der Waals surface area contributed by atoms with E-state index in [1.54, 1.807) is 30.3 Å². The van der Waals surface area contributed by atoms with Gasteiger partial charge in [-0.25, -0.2) is 4.39 Å². The van der Waals surface area contributed by atoms with E-state index >= 15 is 0 Å². The molecule has 0 aliphatic rings. The van der Waals surface area contributed by atoms with Gasteiger partial charge in [0.1, 0.15) is 17.4 Å². The monoisotopic (exact) mass is 325 g/mol. The van der Waals surface area contributed by atoms with Gasteiger partial charge in [-0.3, -0.25) is 0 Å². The minimum atomic E-state index is -0.488. The fourth-order valence-electron chi connectivity index (χ4n) is 1.76. The van der Waals surface area contributed by atoms with E-state index < -0.39 is 5.82 Å². The minimum absolute atomic E-state index is 0.0369. The van der Waals surface area contributed by atoms with Crippen molar-refractivity contribution in [3.05, 3.63) is 58.4 Å². The van der Waals surface area contributed by atoms with E-state index in [2.05, 4.69) is 0 Å². The molecule has 0 bridgehead atoms. The first kappa shape index (κ1) is 15.5. The molecule has 0 spiro atoms. The highest BCUT2D eigenvalue weighted by atomic mass is 35.5. The van der Waals surface area contributed by atoms with Crippen LogP contribution in [0.3, 0.4) is 0 Å². The van der Waals surface area contributed by atoms with Crippen molar-refractivity contribution >= 4 is 28.8 Å². The molecular formula is C15H13ClFNO2S. The standard InChI is InChI=1S/C15H13ClFNO2S/c1-19-13-7-9(15(18)21)5-6-12(13)20-8-10-3-2-4-11(16)14(10)17/h2-7H,8H2,1H3,(H2,18,21). The number of ether oxygens (including phenoxy) is 2. The molecule has 2 rings (SSSR count). The van der Waals surface area contributed by atoms with Gasteiger partial charge in [0.05, 0.1) is 12.1 Å². The lowest BCUT2D eigenvalue weighted by Crippen LogP contribution is -2.09. The molecule has 2 aromatic carbocycles. The Balaban J connectivity index is 2.20. The van der Waals surface area contributed by atoms with Crippen LogP contribution < -0.4 is 15.2 Å². The second-order valence-corrected chi connectivity index (χ2v) is 5.08. The third-order valence-corrected chi connectivity index (χ3v) is 3.39. The Morgan fingerprint density at radius 1 is 1.29 bits per heavy atom. The van der Waals surface area contributed by atoms with Gasteiger partial charge >= 0.3 is 0 Å². The first-order chi connectivity index (χ1) is 10.0. The molecule has 0 radical (unpaired) electrons. The summed E-state index contributed by atoms with van der Waals surface area (Å²) in [5.74, 6) is 0.456. The molecular weight excluding hydrogens is 313 g/mol. The number of rotatable bonds is 5. The number of hydrogen-bond donors (Lipinski definition) is 1. The topological polar surface area (TPSA) is 44.5 Å². The van der Waals surface area contributed by atoms with Crippen molar-refractivity contribution in [3.8, 4) is 11.5 Å². The van der Waals surface area contributed by atoms with Gasteiger partial charge in [-0.1, -0.05) is 36.0 Å². The Hall–Kier alpha value is -1.85. The highest BCUT2D eigenvalue weighted by Crippen LogP contribution is 2.29. The SMILES string of the molecule is COc1cc(C(N)=S)ccc1OCc1cccc(Cl)c1F. The predicted molar refractivity (Wildman–Crippen MR) is 84.6 cm³/mol. The third kappa shape index (κ3) is 3.62. The highest BCUT2D eigenvalue weighted by molar-refractivity contribution is 7.80. The summed E-state index contributed by atoms with van der Waals surface area (Å²) >= 11 is 10.6. The Morgan fingerprint density at radius 3 is 2.71 bits per heavy atom. The van der Waals surface area contributed by atoms with Crippen LogP contribution in [0.4, 0.5) is 4.39 Å². The van der Waals surface area contributed by atoms with Crippen LogP contribution in [0.5, 0.6) is 11.5 Å². The molecule has 0 atom stereocenters. The molecule has 3 nitrogen and oxygen atoms in total. The lowest BCUT2D eigenvalue weighted by molar-refractivity contribution is 0.280. The Kier molecular flexibility index (Phi) is 4.98. The van der Waals surface area contributed by atoms with Crippen molar-refractivity contribution in [1.29, 1.82) is 0 Å². The van der Waals surface area contributed by atoms with Gasteiger partial charge in [-0.2, -0.15) is 0 Å². The lowest BCUT2D eigenvalue weighted by atomic mass is 10.2. The van der Waals surface area contributed by atoms with Crippen LogP contribution in [0, 0.1) is 5.82 Å². The Morgan fingerprint density at radius 2 is 2.05 bits per heavy atom. The molecule has 2 N–H and O–H groups in total. The smallest absolute Gasteiger partial charge is 0.161 e.